The molecule has 0 unspecified atom stereocenters. The van der Waals surface area contributed by atoms with E-state index in [0.29, 0.717) is 11.5 Å². The van der Waals surface area contributed by atoms with Crippen molar-refractivity contribution in [2.75, 3.05) is 7.11 Å². The van der Waals surface area contributed by atoms with Crippen LogP contribution in [0, 0.1) is 0 Å². The van der Waals surface area contributed by atoms with Crippen LogP contribution < -0.4 is 20.5 Å². The summed E-state index contributed by atoms with van der Waals surface area (Å²) in [6, 6.07) is 5.82. The number of benzene rings is 1. The molecular weight excluding hydrogens is 224 g/mol. The molecule has 0 aliphatic rings. The van der Waals surface area contributed by atoms with E-state index in [9.17, 15) is 9.59 Å². The molecule has 0 aromatic heterocycles. The molecule has 6 heteroatoms. The Bertz CT molecular complexity index is 402. The van der Waals surface area contributed by atoms with Gasteiger partial charge >= 0.3 is 6.03 Å². The van der Waals surface area contributed by atoms with E-state index in [-0.39, 0.29) is 0 Å². The van der Waals surface area contributed by atoms with Gasteiger partial charge in [0.1, 0.15) is 11.5 Å². The van der Waals surface area contributed by atoms with Crippen molar-refractivity contribution >= 4 is 11.9 Å². The predicted molar refractivity (Wildman–Crippen MR) is 60.8 cm³/mol. The van der Waals surface area contributed by atoms with Gasteiger partial charge in [0.15, 0.2) is 6.10 Å². The number of nitrogens with two attached hydrogens (primary N) is 1. The lowest BCUT2D eigenvalue weighted by molar-refractivity contribution is -0.126. The zero-order valence-corrected chi connectivity index (χ0v) is 9.60. The zero-order chi connectivity index (χ0) is 12.8. The average Bonchev–Trinajstić information content (AvgIpc) is 2.29. The lowest BCUT2D eigenvalue weighted by Crippen LogP contribution is -2.42. The van der Waals surface area contributed by atoms with Crippen molar-refractivity contribution in [3.8, 4) is 11.5 Å². The fourth-order valence-corrected chi connectivity index (χ4v) is 1.13. The first-order valence-electron chi connectivity index (χ1n) is 4.94. The highest BCUT2D eigenvalue weighted by Crippen LogP contribution is 2.18. The summed E-state index contributed by atoms with van der Waals surface area (Å²) in [5.74, 6) is 0.595. The van der Waals surface area contributed by atoms with Crippen molar-refractivity contribution in [3.63, 3.8) is 0 Å². The van der Waals surface area contributed by atoms with Crippen LogP contribution in [0.1, 0.15) is 6.92 Å². The third-order valence-electron chi connectivity index (χ3n) is 1.99. The Balaban J connectivity index is 2.57. The minimum Gasteiger partial charge on any atom is -0.497 e. The number of amides is 3. The number of carbonyl (C=O) groups is 2. The normalized spacial score (nSPS) is 11.4. The first-order chi connectivity index (χ1) is 8.02. The Hall–Kier alpha value is -2.24. The second-order valence-corrected chi connectivity index (χ2v) is 3.29. The highest BCUT2D eigenvalue weighted by Gasteiger charge is 2.15. The van der Waals surface area contributed by atoms with E-state index >= 15 is 0 Å². The van der Waals surface area contributed by atoms with Crippen molar-refractivity contribution < 1.29 is 19.1 Å². The van der Waals surface area contributed by atoms with E-state index in [1.54, 1.807) is 31.4 Å². The van der Waals surface area contributed by atoms with E-state index in [0.717, 1.165) is 0 Å². The number of primary amides is 1. The van der Waals surface area contributed by atoms with Crippen LogP contribution >= 0.6 is 0 Å². The summed E-state index contributed by atoms with van der Waals surface area (Å²) in [5, 5.41) is 1.94. The van der Waals surface area contributed by atoms with Crippen LogP contribution in [0.15, 0.2) is 24.3 Å². The monoisotopic (exact) mass is 238 g/mol. The van der Waals surface area contributed by atoms with Crippen LogP contribution in [-0.4, -0.2) is 25.2 Å². The molecule has 1 aromatic carbocycles. The third kappa shape index (κ3) is 4.02. The Morgan fingerprint density at radius 1 is 1.24 bits per heavy atom. The second-order valence-electron chi connectivity index (χ2n) is 3.29. The van der Waals surface area contributed by atoms with Crippen molar-refractivity contribution in [2.45, 2.75) is 13.0 Å². The number of rotatable bonds is 4. The first-order valence-corrected chi connectivity index (χ1v) is 4.94. The average molecular weight is 238 g/mol. The Labute approximate surface area is 98.7 Å². The molecule has 0 spiro atoms. The number of ether oxygens (including phenoxy) is 2. The van der Waals surface area contributed by atoms with Crippen molar-refractivity contribution in [3.05, 3.63) is 24.3 Å². The van der Waals surface area contributed by atoms with Gasteiger partial charge in [-0.15, -0.1) is 0 Å². The summed E-state index contributed by atoms with van der Waals surface area (Å²) >= 11 is 0. The van der Waals surface area contributed by atoms with Crippen LogP contribution in [0.5, 0.6) is 11.5 Å². The van der Waals surface area contributed by atoms with Gasteiger partial charge in [-0.25, -0.2) is 4.79 Å². The fourth-order valence-electron chi connectivity index (χ4n) is 1.13. The topological polar surface area (TPSA) is 90.7 Å². The smallest absolute Gasteiger partial charge is 0.318 e. The van der Waals surface area contributed by atoms with Gasteiger partial charge in [0.2, 0.25) is 0 Å². The summed E-state index contributed by atoms with van der Waals surface area (Å²) in [5.41, 5.74) is 4.82. The maximum absolute atomic E-state index is 11.3. The van der Waals surface area contributed by atoms with Crippen LogP contribution in [0.4, 0.5) is 4.79 Å². The van der Waals surface area contributed by atoms with Crippen LogP contribution in [0.2, 0.25) is 0 Å². The molecule has 0 heterocycles. The van der Waals surface area contributed by atoms with Gasteiger partial charge < -0.3 is 15.2 Å². The van der Waals surface area contributed by atoms with E-state index in [2.05, 4.69) is 0 Å². The number of carbonyl (C=O) groups excluding carboxylic acids is 2. The first kappa shape index (κ1) is 12.8. The maximum Gasteiger partial charge on any atom is 0.318 e. The minimum absolute atomic E-state index is 0.498. The van der Waals surface area contributed by atoms with Gasteiger partial charge in [-0.1, -0.05) is 0 Å². The lowest BCUT2D eigenvalue weighted by atomic mass is 10.3. The number of hydrogen-bond donors (Lipinski definition) is 2. The summed E-state index contributed by atoms with van der Waals surface area (Å²) < 4.78 is 10.3. The van der Waals surface area contributed by atoms with E-state index in [1.807, 2.05) is 5.32 Å². The SMILES string of the molecule is COc1ccc(O[C@H](C)C(=O)NC(N)=O)cc1. The van der Waals surface area contributed by atoms with Crippen LogP contribution in [-0.2, 0) is 4.79 Å². The molecule has 0 aliphatic heterocycles. The summed E-state index contributed by atoms with van der Waals surface area (Å²) in [7, 11) is 1.55. The molecule has 0 fully saturated rings. The fraction of sp³-hybridized carbons (Fsp3) is 0.273. The van der Waals surface area contributed by atoms with Gasteiger partial charge in [-0.3, -0.25) is 10.1 Å². The standard InChI is InChI=1S/C11H14N2O4/c1-7(10(14)13-11(12)15)17-9-5-3-8(16-2)4-6-9/h3-7H,1-2H3,(H3,12,13,14,15)/t7-/m1/s1. The molecule has 1 atom stereocenters. The number of urea groups is 1. The summed E-state index contributed by atoms with van der Waals surface area (Å²) in [6.07, 6.45) is -0.809. The minimum atomic E-state index is -0.903. The molecule has 0 bridgehead atoms. The lowest BCUT2D eigenvalue weighted by Gasteiger charge is -2.13. The molecule has 0 aliphatic carbocycles. The van der Waals surface area contributed by atoms with Crippen molar-refractivity contribution in [1.29, 1.82) is 0 Å². The van der Waals surface area contributed by atoms with Gasteiger partial charge in [0.05, 0.1) is 7.11 Å². The number of nitrogens with one attached hydrogen (secondary N) is 1. The van der Waals surface area contributed by atoms with Gasteiger partial charge in [-0.2, -0.15) is 0 Å². The highest BCUT2D eigenvalue weighted by atomic mass is 16.5. The third-order valence-corrected chi connectivity index (χ3v) is 1.99. The quantitative estimate of drug-likeness (QED) is 0.806. The van der Waals surface area contributed by atoms with Crippen LogP contribution in [0.25, 0.3) is 0 Å². The van der Waals surface area contributed by atoms with Gasteiger partial charge in [0, 0.05) is 0 Å². The molecule has 0 saturated heterocycles. The van der Waals surface area contributed by atoms with Gasteiger partial charge in [-0.05, 0) is 31.2 Å². The maximum atomic E-state index is 11.3. The number of hydrogen-bond acceptors (Lipinski definition) is 4. The molecule has 3 amide bonds. The van der Waals surface area contributed by atoms with Crippen molar-refractivity contribution in [1.82, 2.24) is 5.32 Å². The zero-order valence-electron chi connectivity index (χ0n) is 9.60. The highest BCUT2D eigenvalue weighted by molar-refractivity contribution is 5.95. The molecule has 17 heavy (non-hydrogen) atoms. The molecular formula is C11H14N2O4. The molecule has 92 valence electrons. The Morgan fingerprint density at radius 3 is 2.24 bits per heavy atom. The molecule has 0 saturated carbocycles. The Kier molecular flexibility index (Phi) is 4.33. The molecule has 6 nitrogen and oxygen atoms in total. The van der Waals surface area contributed by atoms with Crippen molar-refractivity contribution in [2.24, 2.45) is 5.73 Å². The predicted octanol–water partition coefficient (Wildman–Crippen LogP) is 0.657. The molecule has 3 N–H and O–H groups in total. The summed E-state index contributed by atoms with van der Waals surface area (Å²) in [4.78, 5) is 21.8. The van der Waals surface area contributed by atoms with Crippen LogP contribution in [0.3, 0.4) is 0 Å². The number of methoxy groups -OCH3 is 1. The Morgan fingerprint density at radius 2 is 1.76 bits per heavy atom. The van der Waals surface area contributed by atoms with E-state index in [4.69, 9.17) is 15.2 Å². The molecule has 1 rings (SSSR count). The number of imide groups is 1. The molecule has 0 radical (unpaired) electrons. The van der Waals surface area contributed by atoms with E-state index < -0.39 is 18.0 Å². The largest absolute Gasteiger partial charge is 0.497 e. The molecule has 1 aromatic rings. The summed E-state index contributed by atoms with van der Waals surface area (Å²) in [6.45, 7) is 1.52. The second kappa shape index (κ2) is 5.74. The van der Waals surface area contributed by atoms with Gasteiger partial charge in [0.25, 0.3) is 5.91 Å². The van der Waals surface area contributed by atoms with E-state index in [1.165, 1.54) is 6.92 Å².